The van der Waals surface area contributed by atoms with Gasteiger partial charge in [0.15, 0.2) is 0 Å². The Kier molecular flexibility index (Phi) is 8.11. The van der Waals surface area contributed by atoms with Gasteiger partial charge in [-0.3, -0.25) is 0 Å². The molecule has 11 aromatic carbocycles. The standard InChI is InChI=1S/C58H37NS/c1-2-14-44-37-57-54(35-43(44)13-1)58-55(24-11-25-56(58)60-57)59(46-32-30-40(31-33-46)49-23-10-16-39-12-3-5-19-48(39)49)47-18-9-17-42(34-47)38-26-28-41(29-27-38)53-36-45-15-4-6-20-50(45)51-21-7-8-22-52(51)53/h1-37H. The third-order valence-electron chi connectivity index (χ3n) is 12.2. The van der Waals surface area contributed by atoms with Crippen LogP contribution in [0.1, 0.15) is 0 Å². The van der Waals surface area contributed by atoms with E-state index < -0.39 is 0 Å². The summed E-state index contributed by atoms with van der Waals surface area (Å²) in [5.41, 5.74) is 10.7. The van der Waals surface area contributed by atoms with Crippen molar-refractivity contribution in [3.05, 3.63) is 224 Å². The lowest BCUT2D eigenvalue weighted by Gasteiger charge is -2.27. The molecule has 0 aliphatic carbocycles. The summed E-state index contributed by atoms with van der Waals surface area (Å²) in [6.45, 7) is 0. The topological polar surface area (TPSA) is 3.24 Å². The number of benzene rings is 11. The summed E-state index contributed by atoms with van der Waals surface area (Å²) in [4.78, 5) is 2.45. The van der Waals surface area contributed by atoms with Crippen LogP contribution in [0.25, 0.3) is 96.6 Å². The van der Waals surface area contributed by atoms with E-state index in [4.69, 9.17) is 0 Å². The van der Waals surface area contributed by atoms with Gasteiger partial charge in [0.2, 0.25) is 0 Å². The van der Waals surface area contributed by atoms with E-state index in [-0.39, 0.29) is 0 Å². The van der Waals surface area contributed by atoms with Gasteiger partial charge in [-0.1, -0.05) is 170 Å². The van der Waals surface area contributed by atoms with Crippen molar-refractivity contribution in [2.24, 2.45) is 0 Å². The Labute approximate surface area is 352 Å². The van der Waals surface area contributed by atoms with Crippen LogP contribution in [0.15, 0.2) is 224 Å². The molecular weight excluding hydrogens is 743 g/mol. The highest BCUT2D eigenvalue weighted by Gasteiger charge is 2.20. The van der Waals surface area contributed by atoms with Gasteiger partial charge in [-0.15, -0.1) is 11.3 Å². The highest BCUT2D eigenvalue weighted by Crippen LogP contribution is 2.47. The first kappa shape index (κ1) is 34.5. The van der Waals surface area contributed by atoms with E-state index in [9.17, 15) is 0 Å². The summed E-state index contributed by atoms with van der Waals surface area (Å²) in [7, 11) is 0. The van der Waals surface area contributed by atoms with E-state index >= 15 is 0 Å². The van der Waals surface area contributed by atoms with Gasteiger partial charge in [-0.25, -0.2) is 0 Å². The molecule has 1 nitrogen and oxygen atoms in total. The first-order chi connectivity index (χ1) is 29.7. The summed E-state index contributed by atoms with van der Waals surface area (Å²) in [5.74, 6) is 0. The van der Waals surface area contributed by atoms with Crippen LogP contribution in [-0.4, -0.2) is 0 Å². The van der Waals surface area contributed by atoms with Crippen LogP contribution >= 0.6 is 11.3 Å². The molecule has 1 heterocycles. The van der Waals surface area contributed by atoms with Crippen LogP contribution in [0, 0.1) is 0 Å². The van der Waals surface area contributed by atoms with Gasteiger partial charge in [0.1, 0.15) is 0 Å². The van der Waals surface area contributed by atoms with Crippen LogP contribution in [0.3, 0.4) is 0 Å². The van der Waals surface area contributed by atoms with Crippen molar-refractivity contribution in [2.75, 3.05) is 4.90 Å². The molecule has 60 heavy (non-hydrogen) atoms. The molecule has 280 valence electrons. The fourth-order valence-electron chi connectivity index (χ4n) is 9.33. The predicted octanol–water partition coefficient (Wildman–Crippen LogP) is 17.1. The van der Waals surface area contributed by atoms with E-state index in [0.717, 1.165) is 11.4 Å². The minimum atomic E-state index is 1.11. The third kappa shape index (κ3) is 5.76. The average molecular weight is 780 g/mol. The number of thiophene rings is 1. The van der Waals surface area contributed by atoms with E-state index in [1.807, 2.05) is 11.3 Å². The molecular formula is C58H37NS. The minimum Gasteiger partial charge on any atom is -0.310 e. The van der Waals surface area contributed by atoms with Crippen LogP contribution < -0.4 is 4.90 Å². The van der Waals surface area contributed by atoms with Crippen LogP contribution in [0.2, 0.25) is 0 Å². The summed E-state index contributed by atoms with van der Waals surface area (Å²) in [6, 6.07) is 82.5. The molecule has 0 N–H and O–H groups in total. The van der Waals surface area contributed by atoms with Crippen molar-refractivity contribution in [3.63, 3.8) is 0 Å². The average Bonchev–Trinajstić information content (AvgIpc) is 3.69. The van der Waals surface area contributed by atoms with Crippen molar-refractivity contribution in [1.29, 1.82) is 0 Å². The highest BCUT2D eigenvalue weighted by molar-refractivity contribution is 7.26. The van der Waals surface area contributed by atoms with Crippen LogP contribution in [-0.2, 0) is 0 Å². The van der Waals surface area contributed by atoms with E-state index in [1.165, 1.54) is 102 Å². The Bertz CT molecular complexity index is 3590. The quantitative estimate of drug-likeness (QED) is 0.152. The maximum absolute atomic E-state index is 2.45. The Morgan fingerprint density at radius 3 is 1.70 bits per heavy atom. The smallest absolute Gasteiger partial charge is 0.0554 e. The normalized spacial score (nSPS) is 11.7. The minimum absolute atomic E-state index is 1.11. The first-order valence-electron chi connectivity index (χ1n) is 20.6. The molecule has 0 unspecified atom stereocenters. The molecule has 2 heteroatoms. The molecule has 0 spiro atoms. The predicted molar refractivity (Wildman–Crippen MR) is 260 cm³/mol. The summed E-state index contributed by atoms with van der Waals surface area (Å²) in [5, 5.41) is 12.7. The number of nitrogens with zero attached hydrogens (tertiary/aromatic N) is 1. The van der Waals surface area contributed by atoms with Gasteiger partial charge in [0.05, 0.1) is 5.69 Å². The second-order valence-corrected chi connectivity index (χ2v) is 16.8. The zero-order chi connectivity index (χ0) is 39.6. The van der Waals surface area contributed by atoms with Gasteiger partial charge < -0.3 is 4.90 Å². The molecule has 0 fully saturated rings. The largest absolute Gasteiger partial charge is 0.310 e. The number of hydrogen-bond acceptors (Lipinski definition) is 2. The molecule has 12 aromatic rings. The van der Waals surface area contributed by atoms with Crippen molar-refractivity contribution in [2.45, 2.75) is 0 Å². The van der Waals surface area contributed by atoms with E-state index in [1.54, 1.807) is 0 Å². The number of hydrogen-bond donors (Lipinski definition) is 0. The van der Waals surface area contributed by atoms with Gasteiger partial charge in [0, 0.05) is 31.5 Å². The molecule has 0 radical (unpaired) electrons. The molecule has 0 aliphatic heterocycles. The maximum atomic E-state index is 2.45. The lowest BCUT2D eigenvalue weighted by Crippen LogP contribution is -2.10. The molecule has 1 aromatic heterocycles. The molecule has 12 rings (SSSR count). The Hall–Kier alpha value is -7.52. The van der Waals surface area contributed by atoms with Crippen molar-refractivity contribution >= 4 is 91.7 Å². The number of fused-ring (bicyclic) bond motifs is 8. The third-order valence-corrected chi connectivity index (χ3v) is 13.3. The fraction of sp³-hybridized carbons (Fsp3) is 0. The molecule has 0 amide bonds. The van der Waals surface area contributed by atoms with Crippen molar-refractivity contribution < 1.29 is 0 Å². The first-order valence-corrected chi connectivity index (χ1v) is 21.4. The molecule has 0 atom stereocenters. The zero-order valence-corrected chi connectivity index (χ0v) is 33.5. The van der Waals surface area contributed by atoms with Gasteiger partial charge in [0.25, 0.3) is 0 Å². The second-order valence-electron chi connectivity index (χ2n) is 15.7. The number of anilines is 3. The van der Waals surface area contributed by atoms with Gasteiger partial charge in [-0.2, -0.15) is 0 Å². The van der Waals surface area contributed by atoms with Crippen LogP contribution in [0.4, 0.5) is 17.1 Å². The monoisotopic (exact) mass is 779 g/mol. The summed E-state index contributed by atoms with van der Waals surface area (Å²) in [6.07, 6.45) is 0. The Balaban J connectivity index is 0.999. The Morgan fingerprint density at radius 1 is 0.283 bits per heavy atom. The summed E-state index contributed by atoms with van der Waals surface area (Å²) < 4.78 is 2.58. The maximum Gasteiger partial charge on any atom is 0.0554 e. The molecule has 0 saturated carbocycles. The lowest BCUT2D eigenvalue weighted by molar-refractivity contribution is 1.30. The fourth-order valence-corrected chi connectivity index (χ4v) is 10.5. The van der Waals surface area contributed by atoms with E-state index in [0.29, 0.717) is 0 Å². The van der Waals surface area contributed by atoms with Crippen LogP contribution in [0.5, 0.6) is 0 Å². The zero-order valence-electron chi connectivity index (χ0n) is 32.7. The SMILES string of the molecule is c1cc(-c2ccc(-c3cc4ccccc4c4ccccc34)cc2)cc(N(c2ccc(-c3cccc4ccccc34)cc2)c2cccc3sc4cc5ccccc5cc4c23)c1. The second kappa shape index (κ2) is 14.1. The summed E-state index contributed by atoms with van der Waals surface area (Å²) >= 11 is 1.87. The Morgan fingerprint density at radius 2 is 0.883 bits per heavy atom. The molecule has 0 aliphatic rings. The van der Waals surface area contributed by atoms with Gasteiger partial charge in [-0.05, 0) is 131 Å². The van der Waals surface area contributed by atoms with Crippen molar-refractivity contribution in [3.8, 4) is 33.4 Å². The molecule has 0 bridgehead atoms. The molecule has 0 saturated heterocycles. The van der Waals surface area contributed by atoms with E-state index in [2.05, 4.69) is 229 Å². The van der Waals surface area contributed by atoms with Crippen molar-refractivity contribution in [1.82, 2.24) is 0 Å². The lowest BCUT2D eigenvalue weighted by atomic mass is 9.92. The number of rotatable bonds is 6. The van der Waals surface area contributed by atoms with Gasteiger partial charge >= 0.3 is 0 Å². The highest BCUT2D eigenvalue weighted by atomic mass is 32.1.